The van der Waals surface area contributed by atoms with Crippen molar-refractivity contribution >= 4 is 0 Å². The van der Waals surface area contributed by atoms with Crippen LogP contribution in [0.2, 0.25) is 0 Å². The lowest BCUT2D eigenvalue weighted by molar-refractivity contribution is 0.154. The van der Waals surface area contributed by atoms with Gasteiger partial charge in [-0.05, 0) is 105 Å². The van der Waals surface area contributed by atoms with E-state index in [9.17, 15) is 9.59 Å². The molecule has 0 fully saturated rings. The average molecular weight is 681 g/mol. The van der Waals surface area contributed by atoms with E-state index in [1.54, 1.807) is 0 Å². The molecule has 2 atom stereocenters. The third kappa shape index (κ3) is 15.3. The Balaban J connectivity index is 0.000000666. The number of ether oxygens (including phenoxy) is 1. The van der Waals surface area contributed by atoms with Crippen LogP contribution in [0, 0.1) is 17.3 Å². The first-order chi connectivity index (χ1) is 24.2. The van der Waals surface area contributed by atoms with E-state index in [0.29, 0.717) is 29.2 Å². The molecule has 0 amide bonds. The van der Waals surface area contributed by atoms with Gasteiger partial charge in [-0.3, -0.25) is 9.78 Å². The highest BCUT2D eigenvalue weighted by atomic mass is 16.5. The van der Waals surface area contributed by atoms with E-state index in [1.807, 2.05) is 0 Å². The number of allylic oxidation sites excluding steroid dienone is 8. The molecule has 1 heterocycles. The number of rotatable bonds is 20. The number of aromatic nitrogens is 2. The molecule has 272 valence electrons. The fraction of sp³-hybridized carbons (Fsp3) is 0.467. The Morgan fingerprint density at radius 3 is 1.70 bits per heavy atom. The lowest BCUT2D eigenvalue weighted by Crippen LogP contribution is -2.30. The highest BCUT2D eigenvalue weighted by molar-refractivity contribution is 5.25. The van der Waals surface area contributed by atoms with E-state index in [2.05, 4.69) is 161 Å². The minimum absolute atomic E-state index is 0.201. The number of unbranched alkanes of at least 4 members (excludes halogenated alkanes) is 2. The van der Waals surface area contributed by atoms with Crippen molar-refractivity contribution in [3.63, 3.8) is 0 Å². The van der Waals surface area contributed by atoms with E-state index < -0.39 is 11.2 Å². The Hall–Kier alpha value is -3.96. The average Bonchev–Trinajstić information content (AvgIpc) is 3.11. The normalized spacial score (nSPS) is 13.5. The van der Waals surface area contributed by atoms with Crippen molar-refractivity contribution in [2.75, 3.05) is 7.11 Å². The number of benzene rings is 2. The zero-order valence-electron chi connectivity index (χ0n) is 31.9. The number of hydrogen-bond donors (Lipinski definition) is 2. The molecule has 0 aliphatic heterocycles. The molecule has 0 saturated heterocycles. The SMILES string of the molecule is C/C=C/CC/C=C\CC(C/C=C\CC/C=C/C)(CC(CC(c1ccccc1)C(C)C)c1ccccc1)C(C)C.COCc1c[nH]c(=O)[nH]c1=O. The molecule has 0 radical (unpaired) electrons. The topological polar surface area (TPSA) is 75.0 Å². The monoisotopic (exact) mass is 680 g/mol. The van der Waals surface area contributed by atoms with Gasteiger partial charge in [0.2, 0.25) is 0 Å². The molecule has 5 nitrogen and oxygen atoms in total. The van der Waals surface area contributed by atoms with E-state index in [0.717, 1.165) is 38.5 Å². The minimum Gasteiger partial charge on any atom is -0.380 e. The van der Waals surface area contributed by atoms with Crippen LogP contribution in [0.1, 0.15) is 121 Å². The van der Waals surface area contributed by atoms with Gasteiger partial charge in [-0.15, -0.1) is 0 Å². The molecule has 2 N–H and O–H groups in total. The molecule has 2 unspecified atom stereocenters. The van der Waals surface area contributed by atoms with Gasteiger partial charge in [-0.1, -0.05) is 137 Å². The largest absolute Gasteiger partial charge is 0.380 e. The summed E-state index contributed by atoms with van der Waals surface area (Å²) >= 11 is 0. The first-order valence-corrected chi connectivity index (χ1v) is 18.6. The maximum atomic E-state index is 10.9. The highest BCUT2D eigenvalue weighted by Crippen LogP contribution is 2.48. The van der Waals surface area contributed by atoms with E-state index >= 15 is 0 Å². The maximum Gasteiger partial charge on any atom is 0.325 e. The molecular weight excluding hydrogens is 617 g/mol. The zero-order valence-corrected chi connectivity index (χ0v) is 31.9. The van der Waals surface area contributed by atoms with Gasteiger partial charge in [0, 0.05) is 13.3 Å². The Labute approximate surface area is 302 Å². The third-order valence-electron chi connectivity index (χ3n) is 9.77. The Bertz CT molecular complexity index is 1520. The van der Waals surface area contributed by atoms with Gasteiger partial charge < -0.3 is 9.72 Å². The quantitative estimate of drug-likeness (QED) is 0.0921. The zero-order chi connectivity index (χ0) is 36.6. The lowest BCUT2D eigenvalue weighted by atomic mass is 9.64. The van der Waals surface area contributed by atoms with Gasteiger partial charge >= 0.3 is 5.69 Å². The molecule has 0 aliphatic carbocycles. The van der Waals surface area contributed by atoms with E-state index in [-0.39, 0.29) is 12.0 Å². The summed E-state index contributed by atoms with van der Waals surface area (Å²) < 4.78 is 4.71. The predicted molar refractivity (Wildman–Crippen MR) is 214 cm³/mol. The molecule has 0 saturated carbocycles. The number of nitrogens with one attached hydrogen (secondary N) is 2. The summed E-state index contributed by atoms with van der Waals surface area (Å²) in [6.45, 7) is 14.1. The van der Waals surface area contributed by atoms with Gasteiger partial charge in [0.1, 0.15) is 0 Å². The Kier molecular flexibility index (Phi) is 20.5. The number of methoxy groups -OCH3 is 1. The lowest BCUT2D eigenvalue weighted by Gasteiger charge is -2.41. The van der Waals surface area contributed by atoms with Crippen LogP contribution >= 0.6 is 0 Å². The van der Waals surface area contributed by atoms with Gasteiger partial charge in [-0.25, -0.2) is 4.79 Å². The predicted octanol–water partition coefficient (Wildman–Crippen LogP) is 11.4. The van der Waals surface area contributed by atoms with Crippen molar-refractivity contribution in [3.8, 4) is 0 Å². The first kappa shape index (κ1) is 42.2. The summed E-state index contributed by atoms with van der Waals surface area (Å²) in [5.41, 5.74) is 2.71. The van der Waals surface area contributed by atoms with Crippen LogP contribution in [-0.2, 0) is 11.3 Å². The number of H-pyrrole nitrogens is 2. The molecule has 1 aromatic heterocycles. The van der Waals surface area contributed by atoms with Gasteiger partial charge in [0.15, 0.2) is 0 Å². The summed E-state index contributed by atoms with van der Waals surface area (Å²) in [7, 11) is 1.48. The van der Waals surface area contributed by atoms with Crippen molar-refractivity contribution in [3.05, 3.63) is 153 Å². The van der Waals surface area contributed by atoms with Crippen LogP contribution < -0.4 is 11.2 Å². The molecule has 5 heteroatoms. The molecule has 0 bridgehead atoms. The fourth-order valence-electron chi connectivity index (χ4n) is 6.60. The molecular formula is C45H64N2O3. The molecule has 0 aliphatic rings. The molecule has 2 aromatic carbocycles. The summed E-state index contributed by atoms with van der Waals surface area (Å²) in [6, 6.07) is 22.6. The van der Waals surface area contributed by atoms with Crippen LogP contribution in [0.5, 0.6) is 0 Å². The van der Waals surface area contributed by atoms with Crippen molar-refractivity contribution in [2.24, 2.45) is 17.3 Å². The highest BCUT2D eigenvalue weighted by Gasteiger charge is 2.36. The molecule has 50 heavy (non-hydrogen) atoms. The number of hydrogen-bond acceptors (Lipinski definition) is 3. The summed E-state index contributed by atoms with van der Waals surface area (Å²) in [6.07, 6.45) is 29.2. The second kappa shape index (κ2) is 24.2. The van der Waals surface area contributed by atoms with Crippen molar-refractivity contribution in [1.82, 2.24) is 9.97 Å². The first-order valence-electron chi connectivity index (χ1n) is 18.6. The van der Waals surface area contributed by atoms with E-state index in [1.165, 1.54) is 37.3 Å². The smallest absolute Gasteiger partial charge is 0.325 e. The van der Waals surface area contributed by atoms with E-state index in [4.69, 9.17) is 4.74 Å². The summed E-state index contributed by atoms with van der Waals surface area (Å²) in [4.78, 5) is 25.8. The standard InChI is InChI=1S/C39H56.C6H8N2O3/c1-7-9-11-13-15-23-29-39(34(5)6,30-24-16-14-12-10-8-2)32-37(35-25-19-17-20-26-35)31-38(33(3)4)36-27-21-18-22-28-36;1-11-3-4-2-7-6(10)8-5(4)9/h7-10,15-28,33-34,37-38H,11-14,29-32H2,1-6H3;2H,3H2,1H3,(H2,7,8,9,10)/b9-7+,10-8+,23-15-,24-16-;. The molecule has 3 rings (SSSR count). The second-order valence-corrected chi connectivity index (χ2v) is 14.0. The fourth-order valence-corrected chi connectivity index (χ4v) is 6.60. The minimum atomic E-state index is -0.505. The van der Waals surface area contributed by atoms with Crippen LogP contribution in [0.3, 0.4) is 0 Å². The van der Waals surface area contributed by atoms with Crippen molar-refractivity contribution in [2.45, 2.75) is 111 Å². The summed E-state index contributed by atoms with van der Waals surface area (Å²) in [5, 5.41) is 0. The van der Waals surface area contributed by atoms with Gasteiger partial charge in [0.25, 0.3) is 5.56 Å². The number of aromatic amines is 2. The third-order valence-corrected chi connectivity index (χ3v) is 9.77. The second-order valence-electron chi connectivity index (χ2n) is 14.0. The van der Waals surface area contributed by atoms with Crippen molar-refractivity contribution in [1.29, 1.82) is 0 Å². The van der Waals surface area contributed by atoms with Crippen molar-refractivity contribution < 1.29 is 4.74 Å². The molecule has 3 aromatic rings. The van der Waals surface area contributed by atoms with Gasteiger partial charge in [-0.2, -0.15) is 0 Å². The Morgan fingerprint density at radius 1 is 0.720 bits per heavy atom. The maximum absolute atomic E-state index is 10.9. The van der Waals surface area contributed by atoms with Crippen LogP contribution in [0.25, 0.3) is 0 Å². The van der Waals surface area contributed by atoms with Crippen LogP contribution in [0.15, 0.2) is 125 Å². The summed E-state index contributed by atoms with van der Waals surface area (Å²) in [5.74, 6) is 2.27. The Morgan fingerprint density at radius 2 is 1.24 bits per heavy atom. The van der Waals surface area contributed by atoms with Crippen LogP contribution in [0.4, 0.5) is 0 Å². The molecule has 0 spiro atoms. The van der Waals surface area contributed by atoms with Gasteiger partial charge in [0.05, 0.1) is 12.2 Å². The van der Waals surface area contributed by atoms with Crippen LogP contribution in [-0.4, -0.2) is 17.1 Å².